The van der Waals surface area contributed by atoms with Gasteiger partial charge in [0.05, 0.1) is 19.9 Å². The Kier molecular flexibility index (Phi) is 4.58. The van der Waals surface area contributed by atoms with Crippen LogP contribution in [-0.2, 0) is 0 Å². The summed E-state index contributed by atoms with van der Waals surface area (Å²) in [5, 5.41) is 0. The number of benzene rings is 2. The molecule has 0 aliphatic rings. The molecular weight excluding hydrogens is 306 g/mol. The molecule has 0 aromatic heterocycles. The molecule has 0 aliphatic heterocycles. The molecule has 0 fully saturated rings. The van der Waals surface area contributed by atoms with E-state index in [1.54, 1.807) is 20.4 Å². The molecule has 0 bridgehead atoms. The Morgan fingerprint density at radius 3 is 2.26 bits per heavy atom. The normalized spacial score (nSPS) is 10.7. The molecule has 98 valence electrons. The first-order valence-corrected chi connectivity index (χ1v) is 6.53. The molecule has 0 saturated carbocycles. The van der Waals surface area contributed by atoms with E-state index in [2.05, 4.69) is 20.9 Å². The third kappa shape index (κ3) is 3.83. The van der Waals surface area contributed by atoms with Crippen LogP contribution in [0.25, 0.3) is 0 Å². The van der Waals surface area contributed by atoms with Gasteiger partial charge in [0.1, 0.15) is 11.5 Å². The molecule has 0 unspecified atom stereocenters. The maximum atomic E-state index is 5.21. The van der Waals surface area contributed by atoms with E-state index in [9.17, 15) is 0 Å². The van der Waals surface area contributed by atoms with Gasteiger partial charge in [0, 0.05) is 10.7 Å². The summed E-state index contributed by atoms with van der Waals surface area (Å²) < 4.78 is 11.3. The number of hydrogen-bond donors (Lipinski definition) is 0. The van der Waals surface area contributed by atoms with Crippen LogP contribution in [0.2, 0.25) is 0 Å². The van der Waals surface area contributed by atoms with E-state index in [0.29, 0.717) is 0 Å². The lowest BCUT2D eigenvalue weighted by Crippen LogP contribution is -1.87. The number of methoxy groups -OCH3 is 2. The topological polar surface area (TPSA) is 30.8 Å². The van der Waals surface area contributed by atoms with Gasteiger partial charge in [-0.25, -0.2) is 0 Å². The average Bonchev–Trinajstić information content (AvgIpc) is 2.45. The van der Waals surface area contributed by atoms with Crippen molar-refractivity contribution in [1.29, 1.82) is 0 Å². The van der Waals surface area contributed by atoms with Crippen molar-refractivity contribution >= 4 is 27.8 Å². The monoisotopic (exact) mass is 319 g/mol. The molecule has 2 aromatic rings. The van der Waals surface area contributed by atoms with Crippen LogP contribution in [0, 0.1) is 0 Å². The number of halogens is 1. The zero-order chi connectivity index (χ0) is 13.7. The lowest BCUT2D eigenvalue weighted by molar-refractivity contribution is 0.414. The molecule has 0 spiro atoms. The molecular formula is C15H14BrNO2. The van der Waals surface area contributed by atoms with Crippen molar-refractivity contribution in [3.63, 3.8) is 0 Å². The Balaban J connectivity index is 2.19. The molecule has 0 amide bonds. The van der Waals surface area contributed by atoms with Crippen molar-refractivity contribution < 1.29 is 9.47 Å². The van der Waals surface area contributed by atoms with Gasteiger partial charge in [-0.2, -0.15) is 0 Å². The van der Waals surface area contributed by atoms with Gasteiger partial charge in [0.15, 0.2) is 0 Å². The number of aliphatic imine (C=N–C) groups is 1. The highest BCUT2D eigenvalue weighted by Gasteiger charge is 1.97. The predicted molar refractivity (Wildman–Crippen MR) is 80.9 cm³/mol. The highest BCUT2D eigenvalue weighted by atomic mass is 79.9. The second kappa shape index (κ2) is 6.38. The zero-order valence-corrected chi connectivity index (χ0v) is 12.3. The van der Waals surface area contributed by atoms with Crippen molar-refractivity contribution in [2.75, 3.05) is 14.2 Å². The molecule has 0 aliphatic carbocycles. The molecule has 0 atom stereocenters. The largest absolute Gasteiger partial charge is 0.497 e. The first-order valence-electron chi connectivity index (χ1n) is 5.74. The molecule has 19 heavy (non-hydrogen) atoms. The third-order valence-electron chi connectivity index (χ3n) is 2.56. The second-order valence-electron chi connectivity index (χ2n) is 3.88. The molecule has 0 heterocycles. The van der Waals surface area contributed by atoms with Gasteiger partial charge in [-0.3, -0.25) is 4.99 Å². The van der Waals surface area contributed by atoms with E-state index < -0.39 is 0 Å². The summed E-state index contributed by atoms with van der Waals surface area (Å²) in [5.41, 5.74) is 1.85. The second-order valence-corrected chi connectivity index (χ2v) is 4.80. The van der Waals surface area contributed by atoms with Crippen molar-refractivity contribution in [2.24, 2.45) is 4.99 Å². The highest BCUT2D eigenvalue weighted by molar-refractivity contribution is 9.10. The van der Waals surface area contributed by atoms with E-state index in [0.717, 1.165) is 27.2 Å². The van der Waals surface area contributed by atoms with E-state index >= 15 is 0 Å². The summed E-state index contributed by atoms with van der Waals surface area (Å²) in [7, 11) is 3.29. The van der Waals surface area contributed by atoms with E-state index in [-0.39, 0.29) is 0 Å². The van der Waals surface area contributed by atoms with Crippen LogP contribution in [0.15, 0.2) is 51.9 Å². The van der Waals surface area contributed by atoms with Gasteiger partial charge in [-0.05, 0) is 48.0 Å². The van der Waals surface area contributed by atoms with Crippen molar-refractivity contribution in [3.8, 4) is 11.5 Å². The Labute approximate surface area is 121 Å². The van der Waals surface area contributed by atoms with Crippen LogP contribution in [0.1, 0.15) is 5.56 Å². The van der Waals surface area contributed by atoms with Crippen LogP contribution >= 0.6 is 15.9 Å². The molecule has 0 N–H and O–H groups in total. The van der Waals surface area contributed by atoms with Gasteiger partial charge in [-0.1, -0.05) is 15.9 Å². The van der Waals surface area contributed by atoms with Crippen LogP contribution in [0.4, 0.5) is 5.69 Å². The lowest BCUT2D eigenvalue weighted by Gasteiger charge is -2.02. The van der Waals surface area contributed by atoms with Gasteiger partial charge in [0.2, 0.25) is 0 Å². The van der Waals surface area contributed by atoms with Crippen LogP contribution in [0.5, 0.6) is 11.5 Å². The van der Waals surface area contributed by atoms with Crippen LogP contribution < -0.4 is 9.47 Å². The minimum absolute atomic E-state index is 0.797. The fourth-order valence-corrected chi connectivity index (χ4v) is 2.08. The molecule has 0 radical (unpaired) electrons. The molecule has 2 aromatic carbocycles. The zero-order valence-electron chi connectivity index (χ0n) is 10.8. The molecule has 2 rings (SSSR count). The Morgan fingerprint density at radius 1 is 0.947 bits per heavy atom. The standard InChI is InChI=1S/C15H14BrNO2/c1-18-14-5-3-13(4-6-14)17-10-11-7-12(16)9-15(8-11)19-2/h3-10H,1-2H3. The first kappa shape index (κ1) is 13.6. The Morgan fingerprint density at radius 2 is 1.63 bits per heavy atom. The summed E-state index contributed by atoms with van der Waals surface area (Å²) >= 11 is 3.44. The SMILES string of the molecule is COc1ccc(N=Cc2cc(Br)cc(OC)c2)cc1. The van der Waals surface area contributed by atoms with E-state index in [1.807, 2.05) is 42.5 Å². The maximum absolute atomic E-state index is 5.21. The average molecular weight is 320 g/mol. The van der Waals surface area contributed by atoms with Gasteiger partial charge >= 0.3 is 0 Å². The van der Waals surface area contributed by atoms with Crippen molar-refractivity contribution in [2.45, 2.75) is 0 Å². The number of rotatable bonds is 4. The summed E-state index contributed by atoms with van der Waals surface area (Å²) in [5.74, 6) is 1.62. The van der Waals surface area contributed by atoms with Gasteiger partial charge < -0.3 is 9.47 Å². The summed E-state index contributed by atoms with van der Waals surface area (Å²) in [4.78, 5) is 4.41. The molecule has 4 heteroatoms. The number of ether oxygens (including phenoxy) is 2. The fourth-order valence-electron chi connectivity index (χ4n) is 1.59. The quantitative estimate of drug-likeness (QED) is 0.790. The summed E-state index contributed by atoms with van der Waals surface area (Å²) in [6.07, 6.45) is 1.80. The van der Waals surface area contributed by atoms with E-state index in [4.69, 9.17) is 9.47 Å². The Hall–Kier alpha value is -1.81. The summed E-state index contributed by atoms with van der Waals surface area (Å²) in [6.45, 7) is 0. The minimum atomic E-state index is 0.797. The predicted octanol–water partition coefficient (Wildman–Crippen LogP) is 4.22. The number of nitrogens with zero attached hydrogens (tertiary/aromatic N) is 1. The summed E-state index contributed by atoms with van der Waals surface area (Å²) in [6, 6.07) is 13.4. The van der Waals surface area contributed by atoms with Gasteiger partial charge in [0.25, 0.3) is 0 Å². The van der Waals surface area contributed by atoms with Gasteiger partial charge in [-0.15, -0.1) is 0 Å². The van der Waals surface area contributed by atoms with Crippen molar-refractivity contribution in [1.82, 2.24) is 0 Å². The maximum Gasteiger partial charge on any atom is 0.120 e. The Bertz CT molecular complexity index is 579. The molecule has 3 nitrogen and oxygen atoms in total. The fraction of sp³-hybridized carbons (Fsp3) is 0.133. The first-order chi connectivity index (χ1) is 9.21. The number of hydrogen-bond acceptors (Lipinski definition) is 3. The van der Waals surface area contributed by atoms with E-state index in [1.165, 1.54) is 0 Å². The van der Waals surface area contributed by atoms with Crippen molar-refractivity contribution in [3.05, 3.63) is 52.5 Å². The van der Waals surface area contributed by atoms with Crippen LogP contribution in [-0.4, -0.2) is 20.4 Å². The smallest absolute Gasteiger partial charge is 0.120 e. The molecule has 0 saturated heterocycles. The highest BCUT2D eigenvalue weighted by Crippen LogP contribution is 2.21. The lowest BCUT2D eigenvalue weighted by atomic mass is 10.2. The van der Waals surface area contributed by atoms with Crippen LogP contribution in [0.3, 0.4) is 0 Å². The third-order valence-corrected chi connectivity index (χ3v) is 3.02. The minimum Gasteiger partial charge on any atom is -0.497 e.